The lowest BCUT2D eigenvalue weighted by molar-refractivity contribution is -0.135. The number of ether oxygens (including phenoxy) is 2. The average Bonchev–Trinajstić information content (AvgIpc) is 2.80. The third kappa shape index (κ3) is 8.89. The summed E-state index contributed by atoms with van der Waals surface area (Å²) in [5, 5.41) is 16.2. The monoisotopic (exact) mass is 497 g/mol. The molecule has 1 aliphatic heterocycles. The Morgan fingerprint density at radius 2 is 1.63 bits per heavy atom. The number of allylic oxidation sites excluding steroid dienone is 1. The van der Waals surface area contributed by atoms with E-state index in [0.29, 0.717) is 25.0 Å². The Labute approximate surface area is 215 Å². The zero-order valence-corrected chi connectivity index (χ0v) is 24.9. The highest BCUT2D eigenvalue weighted by Crippen LogP contribution is 2.38. The molecule has 0 aliphatic carbocycles. The average molecular weight is 498 g/mol. The highest BCUT2D eigenvalue weighted by atomic mass is 16.6. The minimum atomic E-state index is -1.17. The van der Waals surface area contributed by atoms with Gasteiger partial charge in [0, 0.05) is 24.9 Å². The van der Waals surface area contributed by atoms with Crippen LogP contribution in [-0.4, -0.2) is 47.1 Å². The predicted octanol–water partition coefficient (Wildman–Crippen LogP) is 6.80. The third-order valence-electron chi connectivity index (χ3n) is 7.69. The van der Waals surface area contributed by atoms with Crippen LogP contribution in [0.4, 0.5) is 0 Å². The molecule has 1 rings (SSSR count). The molecule has 1 N–H and O–H groups in total. The Bertz CT molecular complexity index is 701. The number of Topliss-reactive ketones (excluding diaryl/α,β-unsaturated/α-hetero) is 1. The maximum atomic E-state index is 13.2. The number of oxime groups is 1. The minimum absolute atomic E-state index is 0.0283. The van der Waals surface area contributed by atoms with Gasteiger partial charge in [0.05, 0.1) is 23.0 Å². The molecule has 6 heteroatoms. The second-order valence-corrected chi connectivity index (χ2v) is 10.9. The summed E-state index contributed by atoms with van der Waals surface area (Å²) in [5.74, 6) is -0.448. The van der Waals surface area contributed by atoms with Crippen molar-refractivity contribution in [1.29, 1.82) is 0 Å². The Kier molecular flexibility index (Phi) is 13.8. The highest BCUT2D eigenvalue weighted by molar-refractivity contribution is 5.88. The number of nitrogens with zero attached hydrogens (tertiary/aromatic N) is 1. The van der Waals surface area contributed by atoms with E-state index in [-0.39, 0.29) is 35.6 Å². The van der Waals surface area contributed by atoms with E-state index in [1.165, 1.54) is 0 Å². The summed E-state index contributed by atoms with van der Waals surface area (Å²) in [5.41, 5.74) is -0.799. The molecule has 1 fully saturated rings. The van der Waals surface area contributed by atoms with Gasteiger partial charge >= 0.3 is 0 Å². The molecule has 0 spiro atoms. The molecular formula is C29H55NO5. The number of methoxy groups -OCH3 is 1. The first-order valence-corrected chi connectivity index (χ1v) is 13.5. The van der Waals surface area contributed by atoms with Crippen LogP contribution in [0.2, 0.25) is 0 Å². The van der Waals surface area contributed by atoms with Crippen LogP contribution < -0.4 is 0 Å². The van der Waals surface area contributed by atoms with Crippen molar-refractivity contribution in [2.75, 3.05) is 7.11 Å². The lowest BCUT2D eigenvalue weighted by Gasteiger charge is -2.43. The van der Waals surface area contributed by atoms with Gasteiger partial charge in [0.2, 0.25) is 0 Å². The van der Waals surface area contributed by atoms with Crippen LogP contribution in [-0.2, 0) is 19.1 Å². The molecule has 6 nitrogen and oxygen atoms in total. The van der Waals surface area contributed by atoms with Crippen molar-refractivity contribution in [3.8, 4) is 0 Å². The van der Waals surface area contributed by atoms with Crippen molar-refractivity contribution in [3.63, 3.8) is 0 Å². The van der Waals surface area contributed by atoms with Crippen molar-refractivity contribution in [1.82, 2.24) is 0 Å². The van der Waals surface area contributed by atoms with Crippen molar-refractivity contribution in [2.24, 2.45) is 34.7 Å². The summed E-state index contributed by atoms with van der Waals surface area (Å²) in [4.78, 5) is 18.9. The second-order valence-electron chi connectivity index (χ2n) is 10.9. The number of carbonyl (C=O) groups excluding carboxylic acids is 1. The van der Waals surface area contributed by atoms with Gasteiger partial charge in [-0.1, -0.05) is 60.2 Å². The largest absolute Gasteiger partial charge is 0.492 e. The molecular weight excluding hydrogens is 442 g/mol. The summed E-state index contributed by atoms with van der Waals surface area (Å²) in [6.45, 7) is 27.8. The quantitative estimate of drug-likeness (QED) is 0.432. The molecule has 0 aromatic carbocycles. The van der Waals surface area contributed by atoms with Gasteiger partial charge in [0.25, 0.3) is 0 Å². The van der Waals surface area contributed by atoms with E-state index in [2.05, 4.69) is 25.6 Å². The molecule has 0 radical (unpaired) electrons. The summed E-state index contributed by atoms with van der Waals surface area (Å²) in [7, 11) is 1.70. The number of aliphatic hydroxyl groups is 1. The standard InChI is InChI=1S/C27H49NO5.C2H6/c1-13-23-27(11,30)21(8)19(6)24(28-33-16(2)3)17(4)14-26(10,31-12)15-18(5)25(29)20(7)22(9)32-23;1-2/h16-21,23,30H,9,13-15H2,1-8,10-12H3;1-2H3/b28-24+;/t17-,18-,19?,20+,21?,23-,26-,27+;/m1./s1. The van der Waals surface area contributed by atoms with Crippen LogP contribution in [0.1, 0.15) is 102 Å². The van der Waals surface area contributed by atoms with Gasteiger partial charge in [-0.2, -0.15) is 0 Å². The summed E-state index contributed by atoms with van der Waals surface area (Å²) >= 11 is 0. The molecule has 206 valence electrons. The van der Waals surface area contributed by atoms with Gasteiger partial charge in [-0.3, -0.25) is 4.79 Å². The van der Waals surface area contributed by atoms with Crippen molar-refractivity contribution >= 4 is 11.5 Å². The van der Waals surface area contributed by atoms with Crippen molar-refractivity contribution < 1.29 is 24.2 Å². The number of hydrogen-bond donors (Lipinski definition) is 1. The second kappa shape index (κ2) is 14.4. The van der Waals surface area contributed by atoms with Crippen LogP contribution in [0, 0.1) is 29.6 Å². The van der Waals surface area contributed by atoms with Gasteiger partial charge in [0.15, 0.2) is 0 Å². The number of rotatable bonds is 4. The molecule has 0 bridgehead atoms. The summed E-state index contributed by atoms with van der Waals surface area (Å²) in [6.07, 6.45) is 1.31. The van der Waals surface area contributed by atoms with Crippen molar-refractivity contribution in [3.05, 3.63) is 12.3 Å². The van der Waals surface area contributed by atoms with Gasteiger partial charge in [0.1, 0.15) is 23.6 Å². The molecule has 35 heavy (non-hydrogen) atoms. The lowest BCUT2D eigenvalue weighted by Crippen LogP contribution is -2.51. The van der Waals surface area contributed by atoms with Crippen LogP contribution in [0.15, 0.2) is 17.5 Å². The van der Waals surface area contributed by atoms with Crippen molar-refractivity contribution in [2.45, 2.75) is 126 Å². The van der Waals surface area contributed by atoms with E-state index in [1.54, 1.807) is 14.0 Å². The highest BCUT2D eigenvalue weighted by Gasteiger charge is 2.45. The van der Waals surface area contributed by atoms with E-state index in [0.717, 1.165) is 5.71 Å². The number of hydrogen-bond acceptors (Lipinski definition) is 6. The van der Waals surface area contributed by atoms with Gasteiger partial charge in [-0.25, -0.2) is 0 Å². The fraction of sp³-hybridized carbons (Fsp3) is 0.862. The van der Waals surface area contributed by atoms with Gasteiger partial charge in [-0.15, -0.1) is 0 Å². The predicted molar refractivity (Wildman–Crippen MR) is 145 cm³/mol. The molecule has 1 aliphatic rings. The zero-order chi connectivity index (χ0) is 27.7. The molecule has 8 atom stereocenters. The van der Waals surface area contributed by atoms with E-state index < -0.39 is 23.2 Å². The minimum Gasteiger partial charge on any atom is -0.492 e. The molecule has 1 heterocycles. The van der Waals surface area contributed by atoms with E-state index in [4.69, 9.17) is 14.3 Å². The Morgan fingerprint density at radius 3 is 2.09 bits per heavy atom. The Hall–Kier alpha value is -1.40. The Morgan fingerprint density at radius 1 is 1.11 bits per heavy atom. The number of carbonyl (C=O) groups is 1. The SMILES string of the molecule is C=C1O[C@H](CC)[C@@](C)(O)C(C)C(C)/C(=N/OC(C)C)[C@H](C)C[C@@](C)(OC)C[C@@H](C)C(=O)[C@H]1C.CC. The Balaban J connectivity index is 0.00000562. The van der Waals surface area contributed by atoms with E-state index in [9.17, 15) is 9.90 Å². The first kappa shape index (κ1) is 33.6. The molecule has 0 saturated carbocycles. The number of ketones is 1. The van der Waals surface area contributed by atoms with E-state index in [1.807, 2.05) is 62.3 Å². The molecule has 0 aromatic rings. The summed E-state index contributed by atoms with van der Waals surface area (Å²) < 4.78 is 12.1. The maximum absolute atomic E-state index is 13.2. The molecule has 0 amide bonds. The first-order valence-electron chi connectivity index (χ1n) is 13.5. The maximum Gasteiger partial charge on any atom is 0.146 e. The zero-order valence-electron chi connectivity index (χ0n) is 24.9. The summed E-state index contributed by atoms with van der Waals surface area (Å²) in [6, 6.07) is 0. The van der Waals surface area contributed by atoms with Crippen LogP contribution in [0.5, 0.6) is 0 Å². The fourth-order valence-corrected chi connectivity index (χ4v) is 5.08. The van der Waals surface area contributed by atoms with Crippen LogP contribution in [0.3, 0.4) is 0 Å². The first-order chi connectivity index (χ1) is 16.1. The van der Waals surface area contributed by atoms with E-state index >= 15 is 0 Å². The third-order valence-corrected chi connectivity index (χ3v) is 7.69. The molecule has 1 saturated heterocycles. The smallest absolute Gasteiger partial charge is 0.146 e. The normalized spacial score (nSPS) is 38.9. The molecule has 2 unspecified atom stereocenters. The topological polar surface area (TPSA) is 77.3 Å². The molecule has 0 aromatic heterocycles. The van der Waals surface area contributed by atoms with Gasteiger partial charge < -0.3 is 19.4 Å². The van der Waals surface area contributed by atoms with Crippen LogP contribution in [0.25, 0.3) is 0 Å². The fourth-order valence-electron chi connectivity index (χ4n) is 5.08. The lowest BCUT2D eigenvalue weighted by atomic mass is 9.71. The van der Waals surface area contributed by atoms with Crippen LogP contribution >= 0.6 is 0 Å². The van der Waals surface area contributed by atoms with Gasteiger partial charge in [-0.05, 0) is 59.8 Å².